The fourth-order valence-corrected chi connectivity index (χ4v) is 4.77. The highest BCUT2D eigenvalue weighted by molar-refractivity contribution is 6.03. The van der Waals surface area contributed by atoms with Gasteiger partial charge in [0.15, 0.2) is 5.69 Å². The van der Waals surface area contributed by atoms with Crippen LogP contribution < -0.4 is 5.32 Å². The highest BCUT2D eigenvalue weighted by Crippen LogP contribution is 2.41. The van der Waals surface area contributed by atoms with Gasteiger partial charge in [0, 0.05) is 22.9 Å². The molecule has 1 aliphatic heterocycles. The van der Waals surface area contributed by atoms with E-state index in [2.05, 4.69) is 51.7 Å². The van der Waals surface area contributed by atoms with Gasteiger partial charge < -0.3 is 15.0 Å². The summed E-state index contributed by atoms with van der Waals surface area (Å²) in [6, 6.07) is 10.5. The summed E-state index contributed by atoms with van der Waals surface area (Å²) in [5.74, 6) is -0.188. The maximum atomic E-state index is 13.0. The van der Waals surface area contributed by atoms with Crippen LogP contribution in [0, 0.1) is 5.41 Å². The van der Waals surface area contributed by atoms with Crippen LogP contribution >= 0.6 is 0 Å². The van der Waals surface area contributed by atoms with Crippen LogP contribution in [0.1, 0.15) is 46.2 Å². The fourth-order valence-electron chi connectivity index (χ4n) is 4.77. The molecule has 168 valence electrons. The van der Waals surface area contributed by atoms with Crippen molar-refractivity contribution >= 4 is 11.6 Å². The van der Waals surface area contributed by atoms with Crippen LogP contribution in [0.2, 0.25) is 0 Å². The van der Waals surface area contributed by atoms with Crippen molar-refractivity contribution < 1.29 is 9.53 Å². The molecule has 5 rings (SSSR count). The molecule has 2 N–H and O–H groups in total. The molecule has 1 spiro atoms. The maximum absolute atomic E-state index is 13.0. The molecule has 3 aromatic rings. The SMILES string of the molecule is CN(C)CCC(c1ccccc1)n1cc(NC(=O)c2n[nH]c3c2CCC2(COC2)C3)cn1. The topological polar surface area (TPSA) is 88.1 Å². The number of nitrogens with one attached hydrogen (secondary N) is 2. The van der Waals surface area contributed by atoms with Gasteiger partial charge in [-0.3, -0.25) is 14.6 Å². The summed E-state index contributed by atoms with van der Waals surface area (Å²) >= 11 is 0. The van der Waals surface area contributed by atoms with E-state index >= 15 is 0 Å². The van der Waals surface area contributed by atoms with Crippen LogP contribution in [0.3, 0.4) is 0 Å². The second kappa shape index (κ2) is 8.52. The highest BCUT2D eigenvalue weighted by atomic mass is 16.5. The van der Waals surface area contributed by atoms with Crippen LogP contribution in [0.4, 0.5) is 5.69 Å². The Bertz CT molecular complexity index is 1080. The highest BCUT2D eigenvalue weighted by Gasteiger charge is 2.43. The zero-order valence-electron chi connectivity index (χ0n) is 18.7. The number of aromatic nitrogens is 4. The average Bonchev–Trinajstić information content (AvgIpc) is 3.40. The van der Waals surface area contributed by atoms with E-state index in [0.29, 0.717) is 11.4 Å². The average molecular weight is 435 g/mol. The number of ether oxygens (including phenoxy) is 1. The molecule has 32 heavy (non-hydrogen) atoms. The molecule has 1 fully saturated rings. The zero-order valence-corrected chi connectivity index (χ0v) is 18.7. The zero-order chi connectivity index (χ0) is 22.1. The minimum Gasteiger partial charge on any atom is -0.380 e. The lowest BCUT2D eigenvalue weighted by Gasteiger charge is -2.43. The lowest BCUT2D eigenvalue weighted by molar-refractivity contribution is -0.120. The van der Waals surface area contributed by atoms with Crippen molar-refractivity contribution in [2.24, 2.45) is 5.41 Å². The minimum absolute atomic E-state index is 0.100. The Kier molecular flexibility index (Phi) is 5.57. The molecule has 0 saturated carbocycles. The van der Waals surface area contributed by atoms with Gasteiger partial charge in [-0.2, -0.15) is 10.2 Å². The molecule has 3 heterocycles. The molecular weight excluding hydrogens is 404 g/mol. The molecule has 8 heteroatoms. The van der Waals surface area contributed by atoms with E-state index in [1.54, 1.807) is 6.20 Å². The van der Waals surface area contributed by atoms with Crippen LogP contribution in [0.15, 0.2) is 42.7 Å². The summed E-state index contributed by atoms with van der Waals surface area (Å²) in [6.07, 6.45) is 7.35. The normalized spacial score (nSPS) is 17.7. The quantitative estimate of drug-likeness (QED) is 0.597. The molecular formula is C24H30N6O2. The Morgan fingerprint density at radius 1 is 1.31 bits per heavy atom. The van der Waals surface area contributed by atoms with Crippen molar-refractivity contribution in [3.05, 3.63) is 65.2 Å². The lowest BCUT2D eigenvalue weighted by atomic mass is 9.72. The van der Waals surface area contributed by atoms with Crippen molar-refractivity contribution in [1.82, 2.24) is 24.9 Å². The number of hydrogen-bond acceptors (Lipinski definition) is 5. The van der Waals surface area contributed by atoms with Gasteiger partial charge in [-0.15, -0.1) is 0 Å². The number of amides is 1. The van der Waals surface area contributed by atoms with E-state index in [4.69, 9.17) is 4.74 Å². The molecule has 0 radical (unpaired) electrons. The first-order valence-corrected chi connectivity index (χ1v) is 11.2. The molecule has 2 aromatic heterocycles. The third-order valence-electron chi connectivity index (χ3n) is 6.65. The molecule has 1 amide bonds. The van der Waals surface area contributed by atoms with E-state index < -0.39 is 0 Å². The number of anilines is 1. The third kappa shape index (κ3) is 4.08. The molecule has 1 aliphatic carbocycles. The molecule has 1 atom stereocenters. The summed E-state index contributed by atoms with van der Waals surface area (Å²) in [6.45, 7) is 2.55. The van der Waals surface area contributed by atoms with E-state index in [0.717, 1.165) is 56.7 Å². The summed E-state index contributed by atoms with van der Waals surface area (Å²) < 4.78 is 7.36. The number of fused-ring (bicyclic) bond motifs is 1. The van der Waals surface area contributed by atoms with Crippen molar-refractivity contribution in [3.8, 4) is 0 Å². The Morgan fingerprint density at radius 3 is 2.84 bits per heavy atom. The van der Waals surface area contributed by atoms with Crippen molar-refractivity contribution in [2.75, 3.05) is 39.2 Å². The minimum atomic E-state index is -0.188. The molecule has 8 nitrogen and oxygen atoms in total. The summed E-state index contributed by atoms with van der Waals surface area (Å²) in [4.78, 5) is 15.2. The Labute approximate surface area is 188 Å². The van der Waals surface area contributed by atoms with Crippen LogP contribution in [0.5, 0.6) is 0 Å². The van der Waals surface area contributed by atoms with Crippen molar-refractivity contribution in [1.29, 1.82) is 0 Å². The monoisotopic (exact) mass is 434 g/mol. The Hall–Kier alpha value is -2.97. The molecule has 1 aromatic carbocycles. The van der Waals surface area contributed by atoms with E-state index in [9.17, 15) is 4.79 Å². The molecule has 1 saturated heterocycles. The van der Waals surface area contributed by atoms with Crippen LogP contribution in [-0.4, -0.2) is 64.6 Å². The number of aromatic amines is 1. The predicted molar refractivity (Wildman–Crippen MR) is 122 cm³/mol. The second-order valence-corrected chi connectivity index (χ2v) is 9.38. The maximum Gasteiger partial charge on any atom is 0.276 e. The fraction of sp³-hybridized carbons (Fsp3) is 0.458. The summed E-state index contributed by atoms with van der Waals surface area (Å²) in [5, 5.41) is 15.0. The van der Waals surface area contributed by atoms with Gasteiger partial charge in [0.1, 0.15) is 0 Å². The Morgan fingerprint density at radius 2 is 2.12 bits per heavy atom. The smallest absolute Gasteiger partial charge is 0.276 e. The standard InChI is InChI=1S/C24H30N6O2/c1-29(2)11-9-21(17-6-4-3-5-7-17)30-14-18(13-25-30)26-23(31)22-19-8-10-24(15-32-16-24)12-20(19)27-28-22/h3-7,13-14,21H,8-12,15-16H2,1-2H3,(H,26,31)(H,27,28). The van der Waals surface area contributed by atoms with Crippen molar-refractivity contribution in [2.45, 2.75) is 31.7 Å². The predicted octanol–water partition coefficient (Wildman–Crippen LogP) is 2.90. The molecule has 2 aliphatic rings. The number of carbonyl (C=O) groups is 1. The van der Waals surface area contributed by atoms with Crippen molar-refractivity contribution in [3.63, 3.8) is 0 Å². The largest absolute Gasteiger partial charge is 0.380 e. The van der Waals surface area contributed by atoms with Gasteiger partial charge >= 0.3 is 0 Å². The van der Waals surface area contributed by atoms with Gasteiger partial charge in [0.25, 0.3) is 5.91 Å². The first kappa shape index (κ1) is 20.9. The van der Waals surface area contributed by atoms with Gasteiger partial charge in [-0.05, 0) is 51.9 Å². The van der Waals surface area contributed by atoms with Gasteiger partial charge in [-0.1, -0.05) is 30.3 Å². The summed E-state index contributed by atoms with van der Waals surface area (Å²) in [5.41, 5.74) is 4.74. The first-order chi connectivity index (χ1) is 15.5. The van der Waals surface area contributed by atoms with E-state index in [1.165, 1.54) is 5.56 Å². The number of hydrogen-bond donors (Lipinski definition) is 2. The molecule has 1 unspecified atom stereocenters. The number of rotatable bonds is 7. The van der Waals surface area contributed by atoms with Crippen LogP contribution in [0.25, 0.3) is 0 Å². The van der Waals surface area contributed by atoms with E-state index in [1.807, 2.05) is 29.1 Å². The van der Waals surface area contributed by atoms with Gasteiger partial charge in [-0.25, -0.2) is 0 Å². The second-order valence-electron chi connectivity index (χ2n) is 9.38. The van der Waals surface area contributed by atoms with Crippen LogP contribution in [-0.2, 0) is 17.6 Å². The Balaban J connectivity index is 1.31. The van der Waals surface area contributed by atoms with E-state index in [-0.39, 0.29) is 17.4 Å². The van der Waals surface area contributed by atoms with Gasteiger partial charge in [0.2, 0.25) is 0 Å². The number of H-pyrrole nitrogens is 1. The third-order valence-corrected chi connectivity index (χ3v) is 6.65. The summed E-state index contributed by atoms with van der Waals surface area (Å²) in [7, 11) is 4.14. The lowest BCUT2D eigenvalue weighted by Crippen LogP contribution is -2.46. The van der Waals surface area contributed by atoms with Gasteiger partial charge in [0.05, 0.1) is 31.1 Å². The number of benzene rings is 1. The number of nitrogens with zero attached hydrogens (tertiary/aromatic N) is 4. The number of carbonyl (C=O) groups excluding carboxylic acids is 1. The molecule has 0 bridgehead atoms. The first-order valence-electron chi connectivity index (χ1n) is 11.2.